The fourth-order valence-electron chi connectivity index (χ4n) is 2.32. The summed E-state index contributed by atoms with van der Waals surface area (Å²) in [6.45, 7) is 0. The Morgan fingerprint density at radius 2 is 1.12 bits per heavy atom. The second-order valence-corrected chi connectivity index (χ2v) is 5.79. The van der Waals surface area contributed by atoms with E-state index in [0.29, 0.717) is 0 Å². The minimum atomic E-state index is 1.35. The molecule has 0 saturated carbocycles. The highest BCUT2D eigenvalue weighted by atomic mass is 32.2. The first kappa shape index (κ1) is 8.97. The summed E-state index contributed by atoms with van der Waals surface area (Å²) < 4.78 is 0. The van der Waals surface area contributed by atoms with Gasteiger partial charge in [0.15, 0.2) is 0 Å². The Morgan fingerprint density at radius 3 is 1.62 bits per heavy atom. The Hall–Kier alpha value is -1.12. The summed E-state index contributed by atoms with van der Waals surface area (Å²) in [5.74, 6) is 0. The average molecular weight is 240 g/mol. The van der Waals surface area contributed by atoms with Gasteiger partial charge in [0.05, 0.1) is 0 Å². The molecule has 2 aliphatic rings. The number of hydrogen-bond acceptors (Lipinski definition) is 2. The quantitative estimate of drug-likeness (QED) is 0.636. The Bertz CT molecular complexity index is 607. The van der Waals surface area contributed by atoms with Gasteiger partial charge in [-0.3, -0.25) is 0 Å². The zero-order valence-electron chi connectivity index (χ0n) is 8.44. The summed E-state index contributed by atoms with van der Waals surface area (Å²) in [6.07, 6.45) is 4.42. The third-order valence-corrected chi connectivity index (χ3v) is 4.77. The van der Waals surface area contributed by atoms with Gasteiger partial charge >= 0.3 is 0 Å². The predicted octanol–water partition coefficient (Wildman–Crippen LogP) is 4.99. The molecule has 0 fully saturated rings. The van der Waals surface area contributed by atoms with Crippen molar-refractivity contribution in [2.45, 2.75) is 9.79 Å². The lowest BCUT2D eigenvalue weighted by molar-refractivity contribution is 1.43. The van der Waals surface area contributed by atoms with Crippen molar-refractivity contribution in [1.29, 1.82) is 0 Å². The molecule has 4 rings (SSSR count). The topological polar surface area (TPSA) is 0 Å². The smallest absolute Gasteiger partial charge is 0.0201 e. The fourth-order valence-corrected chi connectivity index (χ4v) is 4.01. The van der Waals surface area contributed by atoms with Gasteiger partial charge in [-0.05, 0) is 46.2 Å². The molecule has 16 heavy (non-hydrogen) atoms. The monoisotopic (exact) mass is 240 g/mol. The SMILES string of the molecule is C1=Cc2ccc3c4c(ccc(c24)S1)SC=C3. The van der Waals surface area contributed by atoms with Gasteiger partial charge in [-0.25, -0.2) is 0 Å². The van der Waals surface area contributed by atoms with E-state index in [1.165, 1.54) is 31.7 Å². The summed E-state index contributed by atoms with van der Waals surface area (Å²) >= 11 is 3.64. The molecule has 0 bridgehead atoms. The molecule has 0 nitrogen and oxygen atoms in total. The molecule has 0 unspecified atom stereocenters. The van der Waals surface area contributed by atoms with Gasteiger partial charge in [0.2, 0.25) is 0 Å². The van der Waals surface area contributed by atoms with Crippen LogP contribution in [0.15, 0.2) is 44.9 Å². The number of hydrogen-bond donors (Lipinski definition) is 0. The number of rotatable bonds is 0. The average Bonchev–Trinajstić information content (AvgIpc) is 2.36. The van der Waals surface area contributed by atoms with E-state index < -0.39 is 0 Å². The summed E-state index contributed by atoms with van der Waals surface area (Å²) in [7, 11) is 0. The summed E-state index contributed by atoms with van der Waals surface area (Å²) in [5, 5.41) is 7.20. The van der Waals surface area contributed by atoms with Gasteiger partial charge in [-0.2, -0.15) is 0 Å². The van der Waals surface area contributed by atoms with Crippen molar-refractivity contribution < 1.29 is 0 Å². The second-order valence-electron chi connectivity index (χ2n) is 3.90. The van der Waals surface area contributed by atoms with E-state index in [0.717, 1.165) is 0 Å². The lowest BCUT2D eigenvalue weighted by atomic mass is 9.99. The molecule has 2 aromatic carbocycles. The number of benzene rings is 2. The van der Waals surface area contributed by atoms with Gasteiger partial charge < -0.3 is 0 Å². The van der Waals surface area contributed by atoms with Crippen LogP contribution in [0, 0.1) is 0 Å². The van der Waals surface area contributed by atoms with E-state index in [2.05, 4.69) is 47.2 Å². The second kappa shape index (κ2) is 3.19. The van der Waals surface area contributed by atoms with Crippen LogP contribution >= 0.6 is 23.5 Å². The maximum absolute atomic E-state index is 2.24. The molecule has 76 valence electrons. The van der Waals surface area contributed by atoms with Crippen LogP contribution < -0.4 is 0 Å². The van der Waals surface area contributed by atoms with E-state index >= 15 is 0 Å². The lowest BCUT2D eigenvalue weighted by Gasteiger charge is -2.18. The van der Waals surface area contributed by atoms with Crippen LogP contribution in [-0.2, 0) is 0 Å². The first-order valence-electron chi connectivity index (χ1n) is 5.20. The van der Waals surface area contributed by atoms with E-state index in [1.54, 1.807) is 0 Å². The van der Waals surface area contributed by atoms with Crippen molar-refractivity contribution in [1.82, 2.24) is 0 Å². The van der Waals surface area contributed by atoms with Crippen LogP contribution in [0.3, 0.4) is 0 Å². The number of thioether (sulfide) groups is 2. The molecule has 2 aromatic rings. The predicted molar refractivity (Wildman–Crippen MR) is 73.7 cm³/mol. The Kier molecular flexibility index (Phi) is 1.79. The normalized spacial score (nSPS) is 15.8. The van der Waals surface area contributed by atoms with Crippen molar-refractivity contribution in [2.24, 2.45) is 0 Å². The maximum atomic E-state index is 2.24. The Morgan fingerprint density at radius 1 is 0.625 bits per heavy atom. The summed E-state index contributed by atoms with van der Waals surface area (Å²) in [4.78, 5) is 2.77. The van der Waals surface area contributed by atoms with E-state index in [-0.39, 0.29) is 0 Å². The van der Waals surface area contributed by atoms with E-state index in [4.69, 9.17) is 0 Å². The molecule has 0 spiro atoms. The highest BCUT2D eigenvalue weighted by molar-refractivity contribution is 8.03. The zero-order valence-corrected chi connectivity index (χ0v) is 10.1. The molecular weight excluding hydrogens is 232 g/mol. The minimum Gasteiger partial charge on any atom is -0.0974 e. The van der Waals surface area contributed by atoms with E-state index in [9.17, 15) is 0 Å². The molecule has 0 radical (unpaired) electrons. The molecule has 0 aliphatic carbocycles. The third kappa shape index (κ3) is 1.09. The molecule has 2 aliphatic heterocycles. The van der Waals surface area contributed by atoms with Crippen molar-refractivity contribution in [3.63, 3.8) is 0 Å². The fraction of sp³-hybridized carbons (Fsp3) is 0. The molecule has 0 atom stereocenters. The lowest BCUT2D eigenvalue weighted by Crippen LogP contribution is -1.92. The van der Waals surface area contributed by atoms with Crippen molar-refractivity contribution in [3.05, 3.63) is 46.2 Å². The van der Waals surface area contributed by atoms with Crippen molar-refractivity contribution in [2.75, 3.05) is 0 Å². The van der Waals surface area contributed by atoms with Gasteiger partial charge in [-0.1, -0.05) is 35.7 Å². The van der Waals surface area contributed by atoms with Crippen LogP contribution in [0.4, 0.5) is 0 Å². The third-order valence-electron chi connectivity index (χ3n) is 3.03. The molecule has 0 saturated heterocycles. The van der Waals surface area contributed by atoms with Gasteiger partial charge in [0, 0.05) is 20.6 Å². The van der Waals surface area contributed by atoms with Crippen LogP contribution in [-0.4, -0.2) is 0 Å². The Labute approximate surface area is 102 Å². The molecule has 2 heterocycles. The van der Waals surface area contributed by atoms with Crippen LogP contribution in [0.25, 0.3) is 22.9 Å². The molecular formula is C14H8S2. The Balaban J connectivity index is 2.29. The zero-order chi connectivity index (χ0) is 10.5. The molecule has 0 aromatic heterocycles. The summed E-state index contributed by atoms with van der Waals surface area (Å²) in [5.41, 5.74) is 2.70. The van der Waals surface area contributed by atoms with Crippen LogP contribution in [0.1, 0.15) is 11.1 Å². The van der Waals surface area contributed by atoms with Gasteiger partial charge in [0.1, 0.15) is 0 Å². The minimum absolute atomic E-state index is 1.35. The highest BCUT2D eigenvalue weighted by Crippen LogP contribution is 2.44. The first-order valence-corrected chi connectivity index (χ1v) is 6.95. The largest absolute Gasteiger partial charge is 0.0974 e. The van der Waals surface area contributed by atoms with E-state index in [1.807, 2.05) is 23.5 Å². The molecule has 0 amide bonds. The van der Waals surface area contributed by atoms with Crippen LogP contribution in [0.2, 0.25) is 0 Å². The van der Waals surface area contributed by atoms with Crippen molar-refractivity contribution in [3.8, 4) is 0 Å². The van der Waals surface area contributed by atoms with Gasteiger partial charge in [0.25, 0.3) is 0 Å². The van der Waals surface area contributed by atoms with Crippen LogP contribution in [0.5, 0.6) is 0 Å². The highest BCUT2D eigenvalue weighted by Gasteiger charge is 2.16. The maximum Gasteiger partial charge on any atom is 0.0201 e. The van der Waals surface area contributed by atoms with Gasteiger partial charge in [-0.15, -0.1) is 0 Å². The van der Waals surface area contributed by atoms with Crippen molar-refractivity contribution >= 4 is 46.4 Å². The molecule has 0 N–H and O–H groups in total. The molecule has 2 heteroatoms. The summed E-state index contributed by atoms with van der Waals surface area (Å²) in [6, 6.07) is 8.93. The first-order chi connectivity index (χ1) is 7.93. The standard InChI is InChI=1S/C14H8S2/c1-2-10-6-8-16-12-4-3-11-13(14(10)12)9(1)5-7-15-11/h1-8H.